The highest BCUT2D eigenvalue weighted by atomic mass is 16.6. The van der Waals surface area contributed by atoms with E-state index in [0.29, 0.717) is 38.6 Å². The number of carbonyl (C=O) groups is 4. The molecule has 0 aliphatic carbocycles. The number of esters is 1. The minimum atomic E-state index is -1.18. The molecule has 2 bridgehead atoms. The number of amides is 3. The van der Waals surface area contributed by atoms with Crippen LogP contribution in [0.2, 0.25) is 0 Å². The van der Waals surface area contributed by atoms with Gasteiger partial charge in [0.2, 0.25) is 17.7 Å². The fourth-order valence-corrected chi connectivity index (χ4v) is 6.56. The van der Waals surface area contributed by atoms with Gasteiger partial charge in [-0.15, -0.1) is 13.2 Å². The molecule has 224 valence electrons. The van der Waals surface area contributed by atoms with Crippen molar-refractivity contribution in [1.29, 1.82) is 0 Å². The summed E-state index contributed by atoms with van der Waals surface area (Å²) in [6.45, 7) is 16.9. The second-order valence-corrected chi connectivity index (χ2v) is 11.7. The summed E-state index contributed by atoms with van der Waals surface area (Å²) in [5.41, 5.74) is -1.18. The highest BCUT2D eigenvalue weighted by Gasteiger charge is 2.75. The minimum absolute atomic E-state index is 0.0845. The number of nitrogens with one attached hydrogen (secondary N) is 1. The summed E-state index contributed by atoms with van der Waals surface area (Å²) in [7, 11) is 0. The van der Waals surface area contributed by atoms with Crippen molar-refractivity contribution in [3.05, 3.63) is 25.3 Å². The number of nitrogens with zero attached hydrogens (tertiary/aromatic N) is 2. The predicted molar refractivity (Wildman–Crippen MR) is 150 cm³/mol. The smallest absolute Gasteiger partial charge is 0.312 e. The summed E-state index contributed by atoms with van der Waals surface area (Å²) in [5.74, 6) is -3.20. The third kappa shape index (κ3) is 5.84. The first kappa shape index (κ1) is 31.8. The maximum Gasteiger partial charge on any atom is 0.312 e. The molecule has 0 aromatic rings. The Balaban J connectivity index is 1.92. The van der Waals surface area contributed by atoms with Gasteiger partial charge in [-0.1, -0.05) is 32.4 Å². The summed E-state index contributed by atoms with van der Waals surface area (Å²) >= 11 is 0. The SMILES string of the molecule is C=CCCC(=O)NC[C@@H](C)OC(=O)[C@@H]1[C@@H]2CC[C@]3(O2)[C@H](C(=O)N(CC=C)C(C)C)N([C@@H](CO)[C@@H](C)CC)C(=O)[C@@H]13. The fourth-order valence-electron chi connectivity index (χ4n) is 6.56. The lowest BCUT2D eigenvalue weighted by Gasteiger charge is -2.41. The summed E-state index contributed by atoms with van der Waals surface area (Å²) in [5, 5.41) is 13.2. The van der Waals surface area contributed by atoms with Crippen molar-refractivity contribution in [1.82, 2.24) is 15.1 Å². The topological polar surface area (TPSA) is 125 Å². The van der Waals surface area contributed by atoms with Crippen LogP contribution in [-0.4, -0.2) is 94.2 Å². The van der Waals surface area contributed by atoms with E-state index < -0.39 is 47.7 Å². The fraction of sp³-hybridized carbons (Fsp3) is 0.733. The molecular weight excluding hydrogens is 514 g/mol. The maximum absolute atomic E-state index is 14.2. The van der Waals surface area contributed by atoms with Crippen LogP contribution in [0.5, 0.6) is 0 Å². The van der Waals surface area contributed by atoms with E-state index in [1.54, 1.807) is 24.0 Å². The molecule has 0 aromatic heterocycles. The standard InChI is InChI=1S/C30H47N3O7/c1-8-11-12-23(35)31-16-20(7)39-29(38)24-22-13-14-30(40-22)25(24)27(36)33(21(17-34)19(6)10-3)26(30)28(37)32(15-9-2)18(4)5/h8-9,18-22,24-26,34H,1-2,10-17H2,3-7H3,(H,31,35)/t19-,20+,21-,22-,24+,25+,26-,30+/m0/s1. The van der Waals surface area contributed by atoms with E-state index in [1.165, 1.54) is 4.90 Å². The monoisotopic (exact) mass is 561 g/mol. The van der Waals surface area contributed by atoms with Crippen LogP contribution in [0.3, 0.4) is 0 Å². The van der Waals surface area contributed by atoms with Gasteiger partial charge < -0.3 is 29.7 Å². The number of fused-ring (bicyclic) bond motifs is 1. The molecule has 0 unspecified atom stereocenters. The molecule has 3 rings (SSSR count). The van der Waals surface area contributed by atoms with Gasteiger partial charge >= 0.3 is 5.97 Å². The number of hydrogen-bond acceptors (Lipinski definition) is 7. The lowest BCUT2D eigenvalue weighted by atomic mass is 9.70. The van der Waals surface area contributed by atoms with E-state index >= 15 is 0 Å². The molecule has 1 spiro atoms. The van der Waals surface area contributed by atoms with E-state index in [4.69, 9.17) is 9.47 Å². The van der Waals surface area contributed by atoms with Crippen molar-refractivity contribution in [2.45, 2.75) is 103 Å². The Morgan fingerprint density at radius 2 is 1.95 bits per heavy atom. The summed E-state index contributed by atoms with van der Waals surface area (Å²) in [4.78, 5) is 57.2. The van der Waals surface area contributed by atoms with Crippen molar-refractivity contribution >= 4 is 23.7 Å². The van der Waals surface area contributed by atoms with Gasteiger partial charge in [-0.25, -0.2) is 0 Å². The second kappa shape index (κ2) is 13.3. The van der Waals surface area contributed by atoms with E-state index in [9.17, 15) is 24.3 Å². The highest BCUT2D eigenvalue weighted by Crippen LogP contribution is 2.59. The van der Waals surface area contributed by atoms with Gasteiger partial charge in [-0.3, -0.25) is 19.2 Å². The maximum atomic E-state index is 14.2. The molecule has 3 amide bonds. The van der Waals surface area contributed by atoms with Crippen LogP contribution in [-0.2, 0) is 28.7 Å². The van der Waals surface area contributed by atoms with Crippen molar-refractivity contribution in [3.63, 3.8) is 0 Å². The summed E-state index contributed by atoms with van der Waals surface area (Å²) < 4.78 is 12.2. The molecule has 3 aliphatic heterocycles. The first-order valence-corrected chi connectivity index (χ1v) is 14.6. The Kier molecular flexibility index (Phi) is 10.6. The number of carbonyl (C=O) groups excluding carboxylic acids is 4. The van der Waals surface area contributed by atoms with E-state index in [1.807, 2.05) is 27.7 Å². The van der Waals surface area contributed by atoms with E-state index in [2.05, 4.69) is 18.5 Å². The first-order valence-electron chi connectivity index (χ1n) is 14.6. The largest absolute Gasteiger partial charge is 0.460 e. The van der Waals surface area contributed by atoms with Gasteiger partial charge in [0.05, 0.1) is 37.1 Å². The van der Waals surface area contributed by atoms with Crippen LogP contribution in [0.15, 0.2) is 25.3 Å². The number of ether oxygens (including phenoxy) is 2. The number of allylic oxidation sites excluding steroid dienone is 1. The quantitative estimate of drug-likeness (QED) is 0.232. The Labute approximate surface area is 238 Å². The molecule has 10 nitrogen and oxygen atoms in total. The van der Waals surface area contributed by atoms with Crippen molar-refractivity contribution in [3.8, 4) is 0 Å². The van der Waals surface area contributed by atoms with Crippen LogP contribution in [0.4, 0.5) is 0 Å². The molecule has 10 heteroatoms. The zero-order valence-corrected chi connectivity index (χ0v) is 24.6. The molecule has 2 N–H and O–H groups in total. The molecule has 40 heavy (non-hydrogen) atoms. The second-order valence-electron chi connectivity index (χ2n) is 11.7. The first-order chi connectivity index (χ1) is 19.0. The third-order valence-corrected chi connectivity index (χ3v) is 8.80. The van der Waals surface area contributed by atoms with Gasteiger partial charge in [0.15, 0.2) is 0 Å². The highest BCUT2D eigenvalue weighted by molar-refractivity contribution is 5.98. The lowest BCUT2D eigenvalue weighted by Crippen LogP contribution is -2.60. The third-order valence-electron chi connectivity index (χ3n) is 8.80. The van der Waals surface area contributed by atoms with Crippen LogP contribution >= 0.6 is 0 Å². The number of likely N-dealkylation sites (tertiary alicyclic amines) is 1. The zero-order valence-electron chi connectivity index (χ0n) is 24.6. The summed E-state index contributed by atoms with van der Waals surface area (Å²) in [6, 6.07) is -1.73. The molecule has 0 aromatic carbocycles. The van der Waals surface area contributed by atoms with Gasteiger partial charge in [0.25, 0.3) is 0 Å². The van der Waals surface area contributed by atoms with Gasteiger partial charge in [0.1, 0.15) is 17.7 Å². The number of hydrogen-bond donors (Lipinski definition) is 2. The Hall–Kier alpha value is -2.72. The molecular formula is C30H47N3O7. The Morgan fingerprint density at radius 1 is 1.25 bits per heavy atom. The van der Waals surface area contributed by atoms with E-state index in [-0.39, 0.29) is 42.8 Å². The van der Waals surface area contributed by atoms with Crippen LogP contribution in [0.1, 0.15) is 66.7 Å². The molecule has 8 atom stereocenters. The van der Waals surface area contributed by atoms with Crippen molar-refractivity contribution in [2.75, 3.05) is 19.7 Å². The Bertz CT molecular complexity index is 984. The van der Waals surface area contributed by atoms with E-state index in [0.717, 1.165) is 0 Å². The Morgan fingerprint density at radius 3 is 2.52 bits per heavy atom. The minimum Gasteiger partial charge on any atom is -0.460 e. The average molecular weight is 562 g/mol. The van der Waals surface area contributed by atoms with Gasteiger partial charge in [-0.2, -0.15) is 0 Å². The van der Waals surface area contributed by atoms with Crippen LogP contribution in [0, 0.1) is 17.8 Å². The number of aliphatic hydroxyl groups excluding tert-OH is 1. The molecule has 0 radical (unpaired) electrons. The molecule has 0 saturated carbocycles. The number of aliphatic hydroxyl groups is 1. The molecule has 3 saturated heterocycles. The zero-order chi connectivity index (χ0) is 29.8. The summed E-state index contributed by atoms with van der Waals surface area (Å²) in [6.07, 6.45) is 4.67. The molecule has 3 fully saturated rings. The molecule has 3 heterocycles. The predicted octanol–water partition coefficient (Wildman–Crippen LogP) is 2.21. The van der Waals surface area contributed by atoms with Gasteiger partial charge in [-0.05, 0) is 46.0 Å². The number of rotatable bonds is 15. The van der Waals surface area contributed by atoms with Crippen LogP contribution < -0.4 is 5.32 Å². The molecule has 3 aliphatic rings. The van der Waals surface area contributed by atoms with Crippen LogP contribution in [0.25, 0.3) is 0 Å². The van der Waals surface area contributed by atoms with Crippen molar-refractivity contribution < 1.29 is 33.8 Å². The van der Waals surface area contributed by atoms with Crippen molar-refractivity contribution in [2.24, 2.45) is 17.8 Å². The lowest BCUT2D eigenvalue weighted by molar-refractivity contribution is -0.160. The average Bonchev–Trinajstić information content (AvgIpc) is 3.56. The normalized spacial score (nSPS) is 29.1. The van der Waals surface area contributed by atoms with Gasteiger partial charge in [0, 0.05) is 19.0 Å².